The molecule has 1 aromatic heterocycles. The lowest BCUT2D eigenvalue weighted by atomic mass is 10.1. The minimum Gasteiger partial charge on any atom is -0.409 e. The van der Waals surface area contributed by atoms with E-state index >= 15 is 0 Å². The van der Waals surface area contributed by atoms with E-state index in [-0.39, 0.29) is 16.8 Å². The predicted molar refractivity (Wildman–Crippen MR) is 76.5 cm³/mol. The van der Waals surface area contributed by atoms with Crippen molar-refractivity contribution in [3.8, 4) is 0 Å². The van der Waals surface area contributed by atoms with Gasteiger partial charge in [-0.3, -0.25) is 10.00 Å². The van der Waals surface area contributed by atoms with Crippen LogP contribution >= 0.6 is 0 Å². The van der Waals surface area contributed by atoms with E-state index in [1.807, 2.05) is 4.90 Å². The second-order valence-corrected chi connectivity index (χ2v) is 6.80. The quantitative estimate of drug-likeness (QED) is 0.243. The van der Waals surface area contributed by atoms with Gasteiger partial charge in [-0.1, -0.05) is 5.16 Å². The van der Waals surface area contributed by atoms with Crippen LogP contribution in [0.15, 0.2) is 16.2 Å². The first-order chi connectivity index (χ1) is 9.92. The smallest absolute Gasteiger partial charge is 0.244 e. The molecule has 10 heteroatoms. The van der Waals surface area contributed by atoms with E-state index < -0.39 is 10.0 Å². The van der Waals surface area contributed by atoms with Crippen molar-refractivity contribution in [1.29, 1.82) is 0 Å². The molecule has 0 saturated carbocycles. The molecule has 0 amide bonds. The highest BCUT2D eigenvalue weighted by molar-refractivity contribution is 7.89. The number of H-pyrrole nitrogens is 1. The van der Waals surface area contributed by atoms with Crippen LogP contribution in [0.1, 0.15) is 18.5 Å². The van der Waals surface area contributed by atoms with E-state index in [9.17, 15) is 8.42 Å². The Balaban J connectivity index is 1.90. The molecule has 21 heavy (non-hydrogen) atoms. The number of likely N-dealkylation sites (tertiary alicyclic amines) is 1. The van der Waals surface area contributed by atoms with E-state index in [1.54, 1.807) is 6.92 Å². The number of aromatic amines is 1. The summed E-state index contributed by atoms with van der Waals surface area (Å²) in [5, 5.41) is 17.8. The predicted octanol–water partition coefficient (Wildman–Crippen LogP) is -0.793. The maximum absolute atomic E-state index is 12.2. The molecule has 0 unspecified atom stereocenters. The topological polar surface area (TPSA) is 137 Å². The summed E-state index contributed by atoms with van der Waals surface area (Å²) in [5.74, 6) is 0.156. The van der Waals surface area contributed by atoms with Crippen LogP contribution in [-0.4, -0.2) is 60.2 Å². The molecular formula is C11H20N6O3S. The zero-order valence-electron chi connectivity index (χ0n) is 11.8. The molecule has 1 aliphatic rings. The van der Waals surface area contributed by atoms with Gasteiger partial charge in [-0.2, -0.15) is 5.10 Å². The molecular weight excluding hydrogens is 296 g/mol. The van der Waals surface area contributed by atoms with Crippen molar-refractivity contribution in [3.63, 3.8) is 0 Å². The number of oxime groups is 1. The van der Waals surface area contributed by atoms with Gasteiger partial charge in [0, 0.05) is 19.1 Å². The van der Waals surface area contributed by atoms with E-state index in [0.717, 1.165) is 0 Å². The van der Waals surface area contributed by atoms with Gasteiger partial charge >= 0.3 is 0 Å². The summed E-state index contributed by atoms with van der Waals surface area (Å²) in [7, 11) is -3.54. The number of rotatable bonds is 5. The van der Waals surface area contributed by atoms with Crippen molar-refractivity contribution >= 4 is 15.9 Å². The number of amidine groups is 1. The van der Waals surface area contributed by atoms with Crippen molar-refractivity contribution < 1.29 is 13.6 Å². The van der Waals surface area contributed by atoms with Crippen LogP contribution in [0.25, 0.3) is 0 Å². The Morgan fingerprint density at radius 1 is 1.62 bits per heavy atom. The van der Waals surface area contributed by atoms with Gasteiger partial charge in [0.1, 0.15) is 4.90 Å². The standard InChI is InChI=1S/C11H20N6O3S/c1-8-10(6-13-14-8)21(19,20)16-9-2-4-17(5-3-9)7-11(12)15-18/h6,9,16,18H,2-5,7H2,1H3,(H2,12,15)(H,13,14). The first-order valence-electron chi connectivity index (χ1n) is 6.63. The van der Waals surface area contributed by atoms with Gasteiger partial charge in [-0.15, -0.1) is 0 Å². The lowest BCUT2D eigenvalue weighted by molar-refractivity contribution is 0.228. The molecule has 0 aliphatic carbocycles. The third-order valence-electron chi connectivity index (χ3n) is 3.50. The summed E-state index contributed by atoms with van der Waals surface area (Å²) >= 11 is 0. The van der Waals surface area contributed by atoms with Crippen molar-refractivity contribution in [3.05, 3.63) is 11.9 Å². The highest BCUT2D eigenvalue weighted by Crippen LogP contribution is 2.16. The normalized spacial score (nSPS) is 19.0. The van der Waals surface area contributed by atoms with Crippen LogP contribution in [0, 0.1) is 6.92 Å². The van der Waals surface area contributed by atoms with E-state index in [2.05, 4.69) is 20.1 Å². The Hall–Kier alpha value is -1.65. The van der Waals surface area contributed by atoms with E-state index in [1.165, 1.54) is 6.20 Å². The second kappa shape index (κ2) is 6.41. The summed E-state index contributed by atoms with van der Waals surface area (Å²) < 4.78 is 27.2. The average molecular weight is 316 g/mol. The first kappa shape index (κ1) is 15.7. The molecule has 0 radical (unpaired) electrons. The zero-order valence-corrected chi connectivity index (χ0v) is 12.6. The summed E-state index contributed by atoms with van der Waals surface area (Å²) in [4.78, 5) is 2.20. The monoisotopic (exact) mass is 316 g/mol. The van der Waals surface area contributed by atoms with Gasteiger partial charge in [0.25, 0.3) is 0 Å². The highest BCUT2D eigenvalue weighted by Gasteiger charge is 2.26. The van der Waals surface area contributed by atoms with Gasteiger partial charge in [0.15, 0.2) is 5.84 Å². The number of aryl methyl sites for hydroxylation is 1. The summed E-state index contributed by atoms with van der Waals surface area (Å²) in [6, 6.07) is -0.118. The number of piperidine rings is 1. The summed E-state index contributed by atoms with van der Waals surface area (Å²) in [6.07, 6.45) is 2.66. The molecule has 0 aromatic carbocycles. The fourth-order valence-corrected chi connectivity index (χ4v) is 3.80. The Bertz CT molecular complexity index is 603. The molecule has 0 atom stereocenters. The SMILES string of the molecule is Cc1[nH]ncc1S(=O)(=O)NC1CCN(CC(N)=NO)CC1. The minimum atomic E-state index is -3.54. The van der Waals surface area contributed by atoms with Crippen LogP contribution in [-0.2, 0) is 10.0 Å². The van der Waals surface area contributed by atoms with Crippen molar-refractivity contribution in [1.82, 2.24) is 19.8 Å². The van der Waals surface area contributed by atoms with Crippen LogP contribution in [0.2, 0.25) is 0 Å². The zero-order chi connectivity index (χ0) is 15.5. The van der Waals surface area contributed by atoms with Crippen LogP contribution < -0.4 is 10.5 Å². The van der Waals surface area contributed by atoms with Crippen molar-refractivity contribution in [2.45, 2.75) is 30.7 Å². The van der Waals surface area contributed by atoms with E-state index in [0.29, 0.717) is 38.2 Å². The fraction of sp³-hybridized carbons (Fsp3) is 0.636. The number of hydrogen-bond donors (Lipinski definition) is 4. The highest BCUT2D eigenvalue weighted by atomic mass is 32.2. The van der Waals surface area contributed by atoms with Gasteiger partial charge < -0.3 is 10.9 Å². The number of sulfonamides is 1. The molecule has 1 fully saturated rings. The van der Waals surface area contributed by atoms with E-state index in [4.69, 9.17) is 10.9 Å². The van der Waals surface area contributed by atoms with Gasteiger partial charge in [-0.05, 0) is 19.8 Å². The first-order valence-corrected chi connectivity index (χ1v) is 8.11. The average Bonchev–Trinajstić information content (AvgIpc) is 2.87. The number of nitrogens with one attached hydrogen (secondary N) is 2. The molecule has 1 aromatic rings. The molecule has 0 bridgehead atoms. The number of hydrogen-bond acceptors (Lipinski definition) is 6. The molecule has 1 saturated heterocycles. The maximum atomic E-state index is 12.2. The summed E-state index contributed by atoms with van der Waals surface area (Å²) in [5.41, 5.74) is 5.98. The fourth-order valence-electron chi connectivity index (χ4n) is 2.36. The van der Waals surface area contributed by atoms with Gasteiger partial charge in [0.05, 0.1) is 18.4 Å². The number of nitrogens with zero attached hydrogens (tertiary/aromatic N) is 3. The molecule has 1 aliphatic heterocycles. The Labute approximate surface area is 123 Å². The number of aromatic nitrogens is 2. The number of nitrogens with two attached hydrogens (primary N) is 1. The van der Waals surface area contributed by atoms with Crippen LogP contribution in [0.3, 0.4) is 0 Å². The molecule has 2 heterocycles. The Morgan fingerprint density at radius 3 is 2.81 bits per heavy atom. The second-order valence-electron chi connectivity index (χ2n) is 5.12. The van der Waals surface area contributed by atoms with Crippen molar-refractivity contribution in [2.24, 2.45) is 10.9 Å². The Morgan fingerprint density at radius 2 is 2.29 bits per heavy atom. The third kappa shape index (κ3) is 3.93. The molecule has 9 nitrogen and oxygen atoms in total. The van der Waals surface area contributed by atoms with Gasteiger partial charge in [-0.25, -0.2) is 13.1 Å². The largest absolute Gasteiger partial charge is 0.409 e. The third-order valence-corrected chi connectivity index (χ3v) is 5.13. The lowest BCUT2D eigenvalue weighted by Gasteiger charge is -2.31. The maximum Gasteiger partial charge on any atom is 0.244 e. The summed E-state index contributed by atoms with van der Waals surface area (Å²) in [6.45, 7) is 3.43. The van der Waals surface area contributed by atoms with Crippen LogP contribution in [0.4, 0.5) is 0 Å². The van der Waals surface area contributed by atoms with Gasteiger partial charge in [0.2, 0.25) is 10.0 Å². The lowest BCUT2D eigenvalue weighted by Crippen LogP contribution is -2.46. The molecule has 5 N–H and O–H groups in total. The Kier molecular flexibility index (Phi) is 4.80. The molecule has 2 rings (SSSR count). The van der Waals surface area contributed by atoms with Crippen LogP contribution in [0.5, 0.6) is 0 Å². The molecule has 118 valence electrons. The van der Waals surface area contributed by atoms with Crippen molar-refractivity contribution in [2.75, 3.05) is 19.6 Å². The molecule has 0 spiro atoms. The minimum absolute atomic E-state index is 0.118.